The minimum absolute atomic E-state index is 0.0347. The van der Waals surface area contributed by atoms with Gasteiger partial charge in [-0.15, -0.1) is 0 Å². The second-order valence-electron chi connectivity index (χ2n) is 7.10. The number of carbonyl (C=O) groups excluding carboxylic acids is 1. The first-order valence-electron chi connectivity index (χ1n) is 9.40. The summed E-state index contributed by atoms with van der Waals surface area (Å²) in [5.74, 6) is -0.451. The smallest absolute Gasteiger partial charge is 0.326 e. The zero-order chi connectivity index (χ0) is 19.5. The summed E-state index contributed by atoms with van der Waals surface area (Å²) in [6, 6.07) is 14.4. The minimum Gasteiger partial charge on any atom is -0.493 e. The predicted molar refractivity (Wildman–Crippen MR) is 105 cm³/mol. The highest BCUT2D eigenvalue weighted by Gasteiger charge is 2.27. The Bertz CT molecular complexity index is 1010. The molecule has 4 rings (SSSR count). The fourth-order valence-electron chi connectivity index (χ4n) is 3.83. The average molecular weight is 378 g/mol. The molecule has 0 saturated carbocycles. The van der Waals surface area contributed by atoms with Gasteiger partial charge in [-0.3, -0.25) is 4.79 Å². The van der Waals surface area contributed by atoms with Crippen molar-refractivity contribution >= 4 is 22.8 Å². The van der Waals surface area contributed by atoms with E-state index in [2.05, 4.69) is 10.3 Å². The van der Waals surface area contributed by atoms with Crippen molar-refractivity contribution in [1.29, 1.82) is 0 Å². The highest BCUT2D eigenvalue weighted by molar-refractivity contribution is 5.87. The zero-order valence-corrected chi connectivity index (χ0v) is 15.4. The van der Waals surface area contributed by atoms with Crippen LogP contribution in [0.25, 0.3) is 10.9 Å². The van der Waals surface area contributed by atoms with Gasteiger partial charge in [0.2, 0.25) is 5.91 Å². The maximum absolute atomic E-state index is 12.6. The van der Waals surface area contributed by atoms with E-state index in [-0.39, 0.29) is 24.7 Å². The average Bonchev–Trinajstić information content (AvgIpc) is 3.11. The van der Waals surface area contributed by atoms with E-state index in [0.717, 1.165) is 34.2 Å². The Morgan fingerprint density at radius 2 is 1.96 bits per heavy atom. The first-order valence-corrected chi connectivity index (χ1v) is 9.40. The van der Waals surface area contributed by atoms with Gasteiger partial charge in [-0.05, 0) is 35.6 Å². The Labute approximate surface area is 162 Å². The molecule has 1 aromatic heterocycles. The number of amides is 1. The van der Waals surface area contributed by atoms with Gasteiger partial charge in [0.15, 0.2) is 0 Å². The van der Waals surface area contributed by atoms with Crippen LogP contribution in [-0.2, 0) is 16.0 Å². The number of hydrogen-bond acceptors (Lipinski definition) is 3. The number of aromatic nitrogens is 1. The number of para-hydroxylation sites is 2. The molecule has 0 spiro atoms. The molecule has 6 heteroatoms. The van der Waals surface area contributed by atoms with Gasteiger partial charge in [-0.25, -0.2) is 4.79 Å². The van der Waals surface area contributed by atoms with Crippen molar-refractivity contribution in [2.75, 3.05) is 6.61 Å². The lowest BCUT2D eigenvalue weighted by Gasteiger charge is -2.26. The van der Waals surface area contributed by atoms with Crippen LogP contribution in [0.3, 0.4) is 0 Å². The number of rotatable bonds is 6. The first-order chi connectivity index (χ1) is 13.6. The quantitative estimate of drug-likeness (QED) is 0.614. The van der Waals surface area contributed by atoms with Crippen molar-refractivity contribution < 1.29 is 19.4 Å². The van der Waals surface area contributed by atoms with Crippen molar-refractivity contribution in [2.24, 2.45) is 0 Å². The topological polar surface area (TPSA) is 91.4 Å². The van der Waals surface area contributed by atoms with E-state index in [0.29, 0.717) is 6.61 Å². The van der Waals surface area contributed by atoms with E-state index < -0.39 is 12.0 Å². The molecule has 0 radical (unpaired) electrons. The van der Waals surface area contributed by atoms with Crippen molar-refractivity contribution in [3.8, 4) is 5.75 Å². The largest absolute Gasteiger partial charge is 0.493 e. The number of ether oxygens (including phenoxy) is 1. The number of nitrogens with one attached hydrogen (secondary N) is 2. The highest BCUT2D eigenvalue weighted by Crippen LogP contribution is 2.35. The Hall–Kier alpha value is -3.28. The van der Waals surface area contributed by atoms with Gasteiger partial charge in [0, 0.05) is 29.9 Å². The van der Waals surface area contributed by atoms with Gasteiger partial charge in [-0.1, -0.05) is 36.4 Å². The number of H-pyrrole nitrogens is 1. The van der Waals surface area contributed by atoms with E-state index in [1.165, 1.54) is 0 Å². The van der Waals surface area contributed by atoms with E-state index in [1.807, 2.05) is 54.7 Å². The number of hydrogen-bond donors (Lipinski definition) is 3. The number of aliphatic carboxylic acids is 1. The molecule has 0 fully saturated rings. The van der Waals surface area contributed by atoms with Crippen LogP contribution in [0.1, 0.15) is 29.9 Å². The van der Waals surface area contributed by atoms with Crippen LogP contribution in [0.4, 0.5) is 0 Å². The van der Waals surface area contributed by atoms with Gasteiger partial charge < -0.3 is 20.1 Å². The molecular weight excluding hydrogens is 356 g/mol. The molecule has 1 aliphatic heterocycles. The highest BCUT2D eigenvalue weighted by atomic mass is 16.5. The molecule has 0 saturated heterocycles. The molecule has 3 N–H and O–H groups in total. The van der Waals surface area contributed by atoms with Crippen molar-refractivity contribution in [1.82, 2.24) is 10.3 Å². The number of aromatic amines is 1. The SMILES string of the molecule is O=C(CC1CCOc2ccccc21)NC(Cc1c[nH]c2ccccc12)C(=O)O. The number of carbonyl (C=O) groups is 2. The molecule has 6 nitrogen and oxygen atoms in total. The Balaban J connectivity index is 1.45. The standard InChI is InChI=1S/C22H22N2O4/c25-21(12-14-9-10-28-20-8-4-2-6-17(14)20)24-19(22(26)27)11-15-13-23-18-7-3-1-5-16(15)18/h1-8,13-14,19,23H,9-12H2,(H,24,25)(H,26,27). The summed E-state index contributed by atoms with van der Waals surface area (Å²) >= 11 is 0. The maximum atomic E-state index is 12.6. The summed E-state index contributed by atoms with van der Waals surface area (Å²) in [4.78, 5) is 27.5. The summed E-state index contributed by atoms with van der Waals surface area (Å²) < 4.78 is 5.64. The normalized spacial score (nSPS) is 16.8. The number of fused-ring (bicyclic) bond motifs is 2. The lowest BCUT2D eigenvalue weighted by molar-refractivity contribution is -0.141. The molecule has 1 amide bonds. The Morgan fingerprint density at radius 1 is 1.18 bits per heavy atom. The Morgan fingerprint density at radius 3 is 2.82 bits per heavy atom. The van der Waals surface area contributed by atoms with Crippen LogP contribution in [0.5, 0.6) is 5.75 Å². The second-order valence-corrected chi connectivity index (χ2v) is 7.10. The lowest BCUT2D eigenvalue weighted by atomic mass is 9.90. The lowest BCUT2D eigenvalue weighted by Crippen LogP contribution is -2.42. The minimum atomic E-state index is -1.04. The third-order valence-electron chi connectivity index (χ3n) is 5.25. The van der Waals surface area contributed by atoms with Gasteiger partial charge in [0.05, 0.1) is 6.61 Å². The molecule has 2 aromatic carbocycles. The van der Waals surface area contributed by atoms with Gasteiger partial charge in [0.1, 0.15) is 11.8 Å². The molecule has 0 aliphatic carbocycles. The summed E-state index contributed by atoms with van der Waals surface area (Å²) in [5.41, 5.74) is 2.83. The molecular formula is C22H22N2O4. The number of carboxylic acids is 1. The van der Waals surface area contributed by atoms with Crippen LogP contribution >= 0.6 is 0 Å². The van der Waals surface area contributed by atoms with Crippen LogP contribution in [-0.4, -0.2) is 34.6 Å². The molecule has 3 aromatic rings. The van der Waals surface area contributed by atoms with Crippen molar-refractivity contribution in [3.63, 3.8) is 0 Å². The third kappa shape index (κ3) is 3.71. The number of benzene rings is 2. The number of carboxylic acid groups (broad SMARTS) is 1. The molecule has 28 heavy (non-hydrogen) atoms. The molecule has 0 bridgehead atoms. The molecule has 2 unspecified atom stereocenters. The van der Waals surface area contributed by atoms with Crippen molar-refractivity contribution in [3.05, 3.63) is 65.9 Å². The summed E-state index contributed by atoms with van der Waals surface area (Å²) in [6.07, 6.45) is 3.03. The molecule has 2 heterocycles. The predicted octanol–water partition coefficient (Wildman–Crippen LogP) is 3.24. The van der Waals surface area contributed by atoms with E-state index in [9.17, 15) is 14.7 Å². The molecule has 144 valence electrons. The van der Waals surface area contributed by atoms with Crippen LogP contribution in [0.2, 0.25) is 0 Å². The Kier molecular flexibility index (Phi) is 5.02. The molecule has 1 aliphatic rings. The van der Waals surface area contributed by atoms with Crippen molar-refractivity contribution in [2.45, 2.75) is 31.2 Å². The summed E-state index contributed by atoms with van der Waals surface area (Å²) in [7, 11) is 0. The van der Waals surface area contributed by atoms with Gasteiger partial charge >= 0.3 is 5.97 Å². The zero-order valence-electron chi connectivity index (χ0n) is 15.4. The monoisotopic (exact) mass is 378 g/mol. The fraction of sp³-hybridized carbons (Fsp3) is 0.273. The van der Waals surface area contributed by atoms with E-state index >= 15 is 0 Å². The third-order valence-corrected chi connectivity index (χ3v) is 5.25. The first kappa shape index (κ1) is 18.1. The summed E-state index contributed by atoms with van der Waals surface area (Å²) in [5, 5.41) is 13.3. The van der Waals surface area contributed by atoms with Gasteiger partial charge in [-0.2, -0.15) is 0 Å². The molecule has 2 atom stereocenters. The maximum Gasteiger partial charge on any atom is 0.326 e. The van der Waals surface area contributed by atoms with E-state index in [1.54, 1.807) is 0 Å². The van der Waals surface area contributed by atoms with Crippen LogP contribution < -0.4 is 10.1 Å². The fourth-order valence-corrected chi connectivity index (χ4v) is 3.83. The van der Waals surface area contributed by atoms with Crippen LogP contribution in [0.15, 0.2) is 54.7 Å². The van der Waals surface area contributed by atoms with Gasteiger partial charge in [0.25, 0.3) is 0 Å². The summed E-state index contributed by atoms with van der Waals surface area (Å²) in [6.45, 7) is 0.562. The van der Waals surface area contributed by atoms with E-state index in [4.69, 9.17) is 4.74 Å². The second kappa shape index (κ2) is 7.76. The van der Waals surface area contributed by atoms with Crippen LogP contribution in [0, 0.1) is 0 Å².